The van der Waals surface area contributed by atoms with Gasteiger partial charge in [-0.25, -0.2) is 0 Å². The molecule has 0 fully saturated rings. The van der Waals surface area contributed by atoms with Crippen LogP contribution in [0, 0.1) is 0 Å². The third-order valence-corrected chi connectivity index (χ3v) is 3.97. The molecule has 0 saturated carbocycles. The fourth-order valence-corrected chi connectivity index (χ4v) is 3.07. The van der Waals surface area contributed by atoms with E-state index in [1.165, 1.54) is 42.5 Å². The molecule has 2 nitrogen and oxygen atoms in total. The van der Waals surface area contributed by atoms with Gasteiger partial charge in [0.15, 0.2) is 0 Å². The summed E-state index contributed by atoms with van der Waals surface area (Å²) < 4.78 is 0. The zero-order chi connectivity index (χ0) is 11.8. The van der Waals surface area contributed by atoms with Gasteiger partial charge in [0.2, 0.25) is 0 Å². The van der Waals surface area contributed by atoms with Gasteiger partial charge in [-0.2, -0.15) is 0 Å². The van der Waals surface area contributed by atoms with E-state index in [0.29, 0.717) is 6.04 Å². The number of H-pyrrole nitrogens is 1. The van der Waals surface area contributed by atoms with Crippen molar-refractivity contribution in [1.29, 1.82) is 0 Å². The van der Waals surface area contributed by atoms with E-state index >= 15 is 0 Å². The lowest BCUT2D eigenvalue weighted by molar-refractivity contribution is 0.196. The van der Waals surface area contributed by atoms with Gasteiger partial charge in [0.1, 0.15) is 0 Å². The van der Waals surface area contributed by atoms with Crippen LogP contribution >= 0.6 is 0 Å². The van der Waals surface area contributed by atoms with E-state index in [1.807, 2.05) is 0 Å². The topological polar surface area (TPSA) is 19.0 Å². The molecule has 2 heterocycles. The van der Waals surface area contributed by atoms with Crippen molar-refractivity contribution in [3.05, 3.63) is 35.5 Å². The molecule has 0 radical (unpaired) electrons. The van der Waals surface area contributed by atoms with Crippen molar-refractivity contribution in [3.8, 4) is 0 Å². The van der Waals surface area contributed by atoms with Crippen LogP contribution in [0.5, 0.6) is 0 Å². The largest absolute Gasteiger partial charge is 0.357 e. The number of fused-ring (bicyclic) bond motifs is 3. The Hall–Kier alpha value is -1.28. The Balaban J connectivity index is 2.06. The van der Waals surface area contributed by atoms with E-state index in [2.05, 4.69) is 48.0 Å². The molecule has 3 rings (SSSR count). The standard InChI is InChI=1S/C15H20N2/c1-3-9-17-10-8-13-12-6-4-5-7-14(12)16-15(13)11(17)2/h4-7,11,16H,3,8-10H2,1-2H3. The van der Waals surface area contributed by atoms with Crippen molar-refractivity contribution >= 4 is 10.9 Å². The van der Waals surface area contributed by atoms with Crippen LogP contribution in [-0.4, -0.2) is 23.0 Å². The quantitative estimate of drug-likeness (QED) is 0.833. The molecule has 90 valence electrons. The molecular formula is C15H20N2. The molecule has 1 aromatic heterocycles. The SMILES string of the molecule is CCCN1CCc2c([nH]c3ccccc23)C1C. The molecule has 1 aromatic carbocycles. The molecule has 1 aliphatic rings. The number of para-hydroxylation sites is 1. The van der Waals surface area contributed by atoms with Crippen LogP contribution in [0.25, 0.3) is 10.9 Å². The average molecular weight is 228 g/mol. The number of benzene rings is 1. The molecule has 0 saturated heterocycles. The monoisotopic (exact) mass is 228 g/mol. The van der Waals surface area contributed by atoms with Gasteiger partial charge in [0.05, 0.1) is 0 Å². The van der Waals surface area contributed by atoms with Gasteiger partial charge >= 0.3 is 0 Å². The summed E-state index contributed by atoms with van der Waals surface area (Å²) in [6.45, 7) is 6.98. The van der Waals surface area contributed by atoms with E-state index < -0.39 is 0 Å². The maximum absolute atomic E-state index is 3.61. The third kappa shape index (κ3) is 1.67. The summed E-state index contributed by atoms with van der Waals surface area (Å²) in [4.78, 5) is 6.19. The molecule has 2 aromatic rings. The summed E-state index contributed by atoms with van der Waals surface area (Å²) in [5.41, 5.74) is 4.27. The Bertz CT molecular complexity index is 527. The number of hydrogen-bond donors (Lipinski definition) is 1. The lowest BCUT2D eigenvalue weighted by Gasteiger charge is -2.33. The first kappa shape index (κ1) is 10.8. The number of nitrogens with one attached hydrogen (secondary N) is 1. The van der Waals surface area contributed by atoms with Crippen molar-refractivity contribution < 1.29 is 0 Å². The van der Waals surface area contributed by atoms with Gasteiger partial charge in [-0.1, -0.05) is 25.1 Å². The van der Waals surface area contributed by atoms with Gasteiger partial charge in [0, 0.05) is 29.2 Å². The molecule has 0 aliphatic carbocycles. The van der Waals surface area contributed by atoms with Gasteiger partial charge < -0.3 is 4.98 Å². The second-order valence-corrected chi connectivity index (χ2v) is 5.02. The summed E-state index contributed by atoms with van der Waals surface area (Å²) in [6, 6.07) is 9.21. The highest BCUT2D eigenvalue weighted by atomic mass is 15.2. The van der Waals surface area contributed by atoms with E-state index in [4.69, 9.17) is 0 Å². The fraction of sp³-hybridized carbons (Fsp3) is 0.467. The molecule has 0 bridgehead atoms. The Kier molecular flexibility index (Phi) is 2.67. The predicted octanol–water partition coefficient (Wildman–Crippen LogP) is 3.50. The fourth-order valence-electron chi connectivity index (χ4n) is 3.07. The normalized spacial score (nSPS) is 20.7. The first-order chi connectivity index (χ1) is 8.31. The molecule has 1 atom stereocenters. The van der Waals surface area contributed by atoms with Crippen LogP contribution in [-0.2, 0) is 6.42 Å². The molecule has 1 unspecified atom stereocenters. The molecular weight excluding hydrogens is 208 g/mol. The van der Waals surface area contributed by atoms with E-state index in [9.17, 15) is 0 Å². The highest BCUT2D eigenvalue weighted by Crippen LogP contribution is 2.33. The summed E-state index contributed by atoms with van der Waals surface area (Å²) in [7, 11) is 0. The summed E-state index contributed by atoms with van der Waals surface area (Å²) in [5, 5.41) is 1.42. The van der Waals surface area contributed by atoms with Crippen molar-refractivity contribution in [2.45, 2.75) is 32.7 Å². The molecule has 1 aliphatic heterocycles. The minimum absolute atomic E-state index is 0.533. The molecule has 2 heteroatoms. The van der Waals surface area contributed by atoms with Crippen LogP contribution < -0.4 is 0 Å². The van der Waals surface area contributed by atoms with Crippen LogP contribution in [0.15, 0.2) is 24.3 Å². The van der Waals surface area contributed by atoms with Crippen molar-refractivity contribution in [2.75, 3.05) is 13.1 Å². The van der Waals surface area contributed by atoms with Gasteiger partial charge in [-0.15, -0.1) is 0 Å². The number of aromatic nitrogens is 1. The maximum atomic E-state index is 3.61. The highest BCUT2D eigenvalue weighted by molar-refractivity contribution is 5.85. The summed E-state index contributed by atoms with van der Waals surface area (Å²) in [6.07, 6.45) is 2.42. The lowest BCUT2D eigenvalue weighted by atomic mass is 9.98. The van der Waals surface area contributed by atoms with Crippen molar-refractivity contribution in [1.82, 2.24) is 9.88 Å². The second kappa shape index (κ2) is 4.19. The van der Waals surface area contributed by atoms with Gasteiger partial charge in [-0.05, 0) is 37.9 Å². The number of nitrogens with zero attached hydrogens (tertiary/aromatic N) is 1. The van der Waals surface area contributed by atoms with Crippen molar-refractivity contribution in [2.24, 2.45) is 0 Å². The van der Waals surface area contributed by atoms with Gasteiger partial charge in [-0.3, -0.25) is 4.90 Å². The molecule has 0 amide bonds. The van der Waals surface area contributed by atoms with E-state index in [-0.39, 0.29) is 0 Å². The summed E-state index contributed by atoms with van der Waals surface area (Å²) >= 11 is 0. The van der Waals surface area contributed by atoms with Gasteiger partial charge in [0.25, 0.3) is 0 Å². The molecule has 1 N–H and O–H groups in total. The maximum Gasteiger partial charge on any atom is 0.0473 e. The van der Waals surface area contributed by atoms with E-state index in [1.54, 1.807) is 5.56 Å². The Labute approximate surface area is 103 Å². The molecule has 17 heavy (non-hydrogen) atoms. The first-order valence-corrected chi connectivity index (χ1v) is 6.64. The predicted molar refractivity (Wildman–Crippen MR) is 72.3 cm³/mol. The summed E-state index contributed by atoms with van der Waals surface area (Å²) in [5.74, 6) is 0. The minimum atomic E-state index is 0.533. The minimum Gasteiger partial charge on any atom is -0.357 e. The van der Waals surface area contributed by atoms with Crippen LogP contribution in [0.4, 0.5) is 0 Å². The van der Waals surface area contributed by atoms with Crippen molar-refractivity contribution in [3.63, 3.8) is 0 Å². The number of aromatic amines is 1. The highest BCUT2D eigenvalue weighted by Gasteiger charge is 2.26. The number of rotatable bonds is 2. The Morgan fingerprint density at radius 2 is 2.18 bits per heavy atom. The second-order valence-electron chi connectivity index (χ2n) is 5.02. The van der Waals surface area contributed by atoms with Crippen LogP contribution in [0.1, 0.15) is 37.6 Å². The first-order valence-electron chi connectivity index (χ1n) is 6.64. The zero-order valence-corrected chi connectivity index (χ0v) is 10.7. The smallest absolute Gasteiger partial charge is 0.0473 e. The average Bonchev–Trinajstić information content (AvgIpc) is 2.73. The van der Waals surface area contributed by atoms with E-state index in [0.717, 1.165) is 0 Å². The third-order valence-electron chi connectivity index (χ3n) is 3.97. The van der Waals surface area contributed by atoms with Crippen LogP contribution in [0.3, 0.4) is 0 Å². The zero-order valence-electron chi connectivity index (χ0n) is 10.7. The number of hydrogen-bond acceptors (Lipinski definition) is 1. The Morgan fingerprint density at radius 1 is 1.35 bits per heavy atom. The van der Waals surface area contributed by atoms with Crippen LogP contribution in [0.2, 0.25) is 0 Å². The Morgan fingerprint density at radius 3 is 3.00 bits per heavy atom. The lowest BCUT2D eigenvalue weighted by Crippen LogP contribution is -2.34. The molecule has 0 spiro atoms.